The largest absolute Gasteiger partial charge is 0.478 e. The second-order valence-corrected chi connectivity index (χ2v) is 5.77. The molecule has 2 aromatic heterocycles. The lowest BCUT2D eigenvalue weighted by molar-refractivity contribution is -0.136. The van der Waals surface area contributed by atoms with Gasteiger partial charge >= 0.3 is 5.97 Å². The topological polar surface area (TPSA) is 106 Å². The number of aromatic nitrogens is 3. The van der Waals surface area contributed by atoms with Gasteiger partial charge in [-0.05, 0) is 18.9 Å². The number of aromatic carboxylic acids is 1. The molecule has 0 bridgehead atoms. The summed E-state index contributed by atoms with van der Waals surface area (Å²) in [5.74, 6) is -1.13. The molecule has 130 valence electrons. The van der Waals surface area contributed by atoms with Crippen molar-refractivity contribution >= 4 is 11.9 Å². The highest BCUT2D eigenvalue weighted by atomic mass is 16.5. The van der Waals surface area contributed by atoms with Gasteiger partial charge in [-0.15, -0.1) is 0 Å². The number of likely N-dealkylation sites (tertiary alicyclic amines) is 1. The van der Waals surface area contributed by atoms with Gasteiger partial charge in [-0.1, -0.05) is 0 Å². The van der Waals surface area contributed by atoms with Crippen molar-refractivity contribution in [2.75, 3.05) is 20.3 Å². The summed E-state index contributed by atoms with van der Waals surface area (Å²) in [7, 11) is 1.49. The zero-order valence-corrected chi connectivity index (χ0v) is 13.8. The number of carbonyl (C=O) groups is 2. The van der Waals surface area contributed by atoms with Gasteiger partial charge in [0.25, 0.3) is 0 Å². The predicted molar refractivity (Wildman–Crippen MR) is 87.8 cm³/mol. The summed E-state index contributed by atoms with van der Waals surface area (Å²) in [5, 5.41) is 9.10. The van der Waals surface area contributed by atoms with Crippen molar-refractivity contribution in [3.05, 3.63) is 42.1 Å². The number of carbonyl (C=O) groups excluding carboxylic acids is 1. The highest BCUT2D eigenvalue weighted by molar-refractivity contribution is 5.88. The lowest BCUT2D eigenvalue weighted by Crippen LogP contribution is -2.33. The molecule has 0 saturated carbocycles. The number of nitrogens with zero attached hydrogens (tertiary/aromatic N) is 4. The van der Waals surface area contributed by atoms with Gasteiger partial charge in [0.1, 0.15) is 6.61 Å². The highest BCUT2D eigenvalue weighted by Crippen LogP contribution is 2.31. The molecule has 25 heavy (non-hydrogen) atoms. The minimum atomic E-state index is -1.05. The lowest BCUT2D eigenvalue weighted by atomic mass is 10.1. The molecular weight excluding hydrogens is 324 g/mol. The smallest absolute Gasteiger partial charge is 0.337 e. The molecule has 1 aliphatic rings. The van der Waals surface area contributed by atoms with Crippen LogP contribution in [-0.4, -0.2) is 57.1 Å². The van der Waals surface area contributed by atoms with E-state index in [-0.39, 0.29) is 24.1 Å². The summed E-state index contributed by atoms with van der Waals surface area (Å²) in [6.07, 6.45) is 7.72. The van der Waals surface area contributed by atoms with Crippen molar-refractivity contribution < 1.29 is 19.4 Å². The Morgan fingerprint density at radius 3 is 2.84 bits per heavy atom. The molecule has 1 amide bonds. The fourth-order valence-corrected chi connectivity index (χ4v) is 2.96. The SMILES string of the molecule is COCC(=O)N1CCC[C@H]1c1cncc(-c2cncc(C(=O)O)c2)n1. The van der Waals surface area contributed by atoms with Crippen LogP contribution in [0, 0.1) is 0 Å². The van der Waals surface area contributed by atoms with E-state index in [2.05, 4.69) is 15.0 Å². The Hall–Kier alpha value is -2.87. The number of ether oxygens (including phenoxy) is 1. The van der Waals surface area contributed by atoms with Gasteiger partial charge in [-0.3, -0.25) is 14.8 Å². The number of rotatable bonds is 5. The Labute approximate surface area is 144 Å². The van der Waals surface area contributed by atoms with Gasteiger partial charge in [0.15, 0.2) is 0 Å². The maximum absolute atomic E-state index is 12.2. The monoisotopic (exact) mass is 342 g/mol. The zero-order chi connectivity index (χ0) is 17.8. The summed E-state index contributed by atoms with van der Waals surface area (Å²) in [6, 6.07) is 1.36. The lowest BCUT2D eigenvalue weighted by Gasteiger charge is -2.24. The molecular formula is C17H18N4O4. The molecule has 1 aliphatic heterocycles. The summed E-state index contributed by atoms with van der Waals surface area (Å²) < 4.78 is 4.94. The fraction of sp³-hybridized carbons (Fsp3) is 0.353. The van der Waals surface area contributed by atoms with E-state index in [4.69, 9.17) is 9.84 Å². The number of methoxy groups -OCH3 is 1. The van der Waals surface area contributed by atoms with E-state index >= 15 is 0 Å². The van der Waals surface area contributed by atoms with E-state index in [1.807, 2.05) is 0 Å². The van der Waals surface area contributed by atoms with Crippen molar-refractivity contribution in [2.45, 2.75) is 18.9 Å². The van der Waals surface area contributed by atoms with Crippen LogP contribution in [0.1, 0.15) is 34.9 Å². The molecule has 2 aromatic rings. The van der Waals surface area contributed by atoms with Crippen molar-refractivity contribution in [3.63, 3.8) is 0 Å². The quantitative estimate of drug-likeness (QED) is 0.878. The highest BCUT2D eigenvalue weighted by Gasteiger charge is 2.31. The predicted octanol–water partition coefficient (Wildman–Crippen LogP) is 1.55. The maximum atomic E-state index is 12.2. The van der Waals surface area contributed by atoms with E-state index < -0.39 is 5.97 Å². The molecule has 0 aromatic carbocycles. The third kappa shape index (κ3) is 3.63. The van der Waals surface area contributed by atoms with Crippen molar-refractivity contribution in [3.8, 4) is 11.3 Å². The summed E-state index contributed by atoms with van der Waals surface area (Å²) in [5.41, 5.74) is 1.86. The van der Waals surface area contributed by atoms with Crippen molar-refractivity contribution in [1.82, 2.24) is 19.9 Å². The molecule has 8 nitrogen and oxygen atoms in total. The van der Waals surface area contributed by atoms with Crippen LogP contribution in [0.4, 0.5) is 0 Å². The number of pyridine rings is 1. The normalized spacial score (nSPS) is 16.8. The zero-order valence-electron chi connectivity index (χ0n) is 13.8. The number of carboxylic acids is 1. The van der Waals surface area contributed by atoms with Gasteiger partial charge in [-0.2, -0.15) is 0 Å². The number of amides is 1. The Morgan fingerprint density at radius 2 is 2.08 bits per heavy atom. The van der Waals surface area contributed by atoms with Gasteiger partial charge in [0.2, 0.25) is 5.91 Å². The molecule has 1 N–H and O–H groups in total. The Kier molecular flexibility index (Phi) is 4.99. The Bertz CT molecular complexity index is 796. The third-order valence-electron chi connectivity index (χ3n) is 4.12. The van der Waals surface area contributed by atoms with E-state index in [9.17, 15) is 9.59 Å². The molecule has 0 aliphatic carbocycles. The molecule has 1 fully saturated rings. The summed E-state index contributed by atoms with van der Waals surface area (Å²) in [4.78, 5) is 37.8. The van der Waals surface area contributed by atoms with E-state index in [0.29, 0.717) is 23.5 Å². The van der Waals surface area contributed by atoms with Crippen LogP contribution in [0.15, 0.2) is 30.9 Å². The van der Waals surface area contributed by atoms with E-state index in [1.165, 1.54) is 19.4 Å². The minimum absolute atomic E-state index is 0.0359. The first-order chi connectivity index (χ1) is 12.1. The van der Waals surface area contributed by atoms with Gasteiger partial charge < -0.3 is 14.7 Å². The Balaban J connectivity index is 1.90. The second kappa shape index (κ2) is 7.35. The molecule has 0 radical (unpaired) electrons. The van der Waals surface area contributed by atoms with E-state index in [1.54, 1.807) is 23.5 Å². The van der Waals surface area contributed by atoms with Crippen LogP contribution >= 0.6 is 0 Å². The molecule has 0 unspecified atom stereocenters. The summed E-state index contributed by atoms with van der Waals surface area (Å²) >= 11 is 0. The van der Waals surface area contributed by atoms with Crippen molar-refractivity contribution in [2.24, 2.45) is 0 Å². The number of carboxylic acid groups (broad SMARTS) is 1. The van der Waals surface area contributed by atoms with Gasteiger partial charge in [0, 0.05) is 31.6 Å². The average molecular weight is 342 g/mol. The fourth-order valence-electron chi connectivity index (χ4n) is 2.96. The van der Waals surface area contributed by atoms with Crippen LogP contribution in [0.2, 0.25) is 0 Å². The third-order valence-corrected chi connectivity index (χ3v) is 4.12. The minimum Gasteiger partial charge on any atom is -0.478 e. The van der Waals surface area contributed by atoms with Crippen LogP contribution in [0.3, 0.4) is 0 Å². The summed E-state index contributed by atoms with van der Waals surface area (Å²) in [6.45, 7) is 0.697. The van der Waals surface area contributed by atoms with E-state index in [0.717, 1.165) is 12.8 Å². The molecule has 0 spiro atoms. The Morgan fingerprint density at radius 1 is 1.28 bits per heavy atom. The molecule has 8 heteroatoms. The van der Waals surface area contributed by atoms with Gasteiger partial charge in [0.05, 0.1) is 35.4 Å². The molecule has 3 rings (SSSR count). The second-order valence-electron chi connectivity index (χ2n) is 5.77. The number of hydrogen-bond acceptors (Lipinski definition) is 6. The molecule has 3 heterocycles. The first kappa shape index (κ1) is 17.0. The molecule has 1 atom stereocenters. The first-order valence-corrected chi connectivity index (χ1v) is 7.89. The van der Waals surface area contributed by atoms with Crippen LogP contribution < -0.4 is 0 Å². The standard InChI is InChI=1S/C17H18N4O4/c1-25-10-16(22)21-4-2-3-15(21)14-9-19-8-13(20-14)11-5-12(17(23)24)7-18-6-11/h5-9,15H,2-4,10H2,1H3,(H,23,24)/t15-/m0/s1. The first-order valence-electron chi connectivity index (χ1n) is 7.89. The van der Waals surface area contributed by atoms with Crippen LogP contribution in [0.5, 0.6) is 0 Å². The average Bonchev–Trinajstić information content (AvgIpc) is 3.12. The van der Waals surface area contributed by atoms with Crippen LogP contribution in [0.25, 0.3) is 11.3 Å². The molecule has 1 saturated heterocycles. The van der Waals surface area contributed by atoms with Crippen molar-refractivity contribution in [1.29, 1.82) is 0 Å². The van der Waals surface area contributed by atoms with Crippen LogP contribution in [-0.2, 0) is 9.53 Å². The number of hydrogen-bond donors (Lipinski definition) is 1. The van der Waals surface area contributed by atoms with Gasteiger partial charge in [-0.25, -0.2) is 9.78 Å². The maximum Gasteiger partial charge on any atom is 0.337 e.